The van der Waals surface area contributed by atoms with Crippen LogP contribution in [-0.2, 0) is 40.9 Å². The molecule has 0 unspecified atom stereocenters. The molecule has 0 aromatic heterocycles. The first-order chi connectivity index (χ1) is 16.9. The standard InChI is InChI=1S/C25H33N2O8P/c1-25(2,3)35-24(30)27-21(22(28)17-36(31,32-4)33-5)15-18-11-13-20(14-12-18)26-23(29)34-16-19-9-7-6-8-10-19/h6-14,21H,15-17H2,1-5H3,(H,26,29)(H,27,30)/t21-/m0/s1. The summed E-state index contributed by atoms with van der Waals surface area (Å²) in [5.74, 6) is -0.542. The number of hydrogen-bond donors (Lipinski definition) is 2. The van der Waals surface area contributed by atoms with E-state index in [1.165, 1.54) is 14.2 Å². The maximum atomic E-state index is 12.9. The summed E-state index contributed by atoms with van der Waals surface area (Å²) in [6, 6.07) is 14.9. The van der Waals surface area contributed by atoms with E-state index in [1.807, 2.05) is 30.3 Å². The molecule has 196 valence electrons. The van der Waals surface area contributed by atoms with Crippen molar-refractivity contribution >= 4 is 31.3 Å². The molecule has 0 aliphatic rings. The lowest BCUT2D eigenvalue weighted by molar-refractivity contribution is -0.118. The Hall–Kier alpha value is -3.20. The van der Waals surface area contributed by atoms with Crippen molar-refractivity contribution in [3.63, 3.8) is 0 Å². The quantitative estimate of drug-likeness (QED) is 0.399. The molecule has 0 fully saturated rings. The smallest absolute Gasteiger partial charge is 0.411 e. The van der Waals surface area contributed by atoms with E-state index in [2.05, 4.69) is 10.6 Å². The minimum Gasteiger partial charge on any atom is -0.444 e. The van der Waals surface area contributed by atoms with Crippen molar-refractivity contribution in [1.82, 2.24) is 5.32 Å². The van der Waals surface area contributed by atoms with Crippen LogP contribution in [0, 0.1) is 0 Å². The van der Waals surface area contributed by atoms with Crippen molar-refractivity contribution in [3.05, 3.63) is 65.7 Å². The molecule has 0 saturated heterocycles. The SMILES string of the molecule is COP(=O)(CC(=O)[C@H](Cc1ccc(NC(=O)OCc2ccccc2)cc1)NC(=O)OC(C)(C)C)OC. The fourth-order valence-corrected chi connectivity index (χ4v) is 4.05. The molecule has 11 heteroatoms. The Morgan fingerprint density at radius 2 is 1.50 bits per heavy atom. The Balaban J connectivity index is 2.04. The Morgan fingerprint density at radius 1 is 0.889 bits per heavy atom. The highest BCUT2D eigenvalue weighted by Crippen LogP contribution is 2.46. The van der Waals surface area contributed by atoms with Gasteiger partial charge in [0.1, 0.15) is 18.4 Å². The number of alkyl carbamates (subject to hydrolysis) is 1. The van der Waals surface area contributed by atoms with E-state index >= 15 is 0 Å². The van der Waals surface area contributed by atoms with Gasteiger partial charge in [0.25, 0.3) is 0 Å². The molecule has 10 nitrogen and oxygen atoms in total. The van der Waals surface area contributed by atoms with Crippen LogP contribution in [-0.4, -0.2) is 50.0 Å². The zero-order valence-corrected chi connectivity index (χ0v) is 22.0. The predicted octanol–water partition coefficient (Wildman–Crippen LogP) is 4.93. The third-order valence-electron chi connectivity index (χ3n) is 4.84. The van der Waals surface area contributed by atoms with Crippen LogP contribution in [0.1, 0.15) is 31.9 Å². The largest absolute Gasteiger partial charge is 0.444 e. The lowest BCUT2D eigenvalue weighted by Crippen LogP contribution is -2.45. The van der Waals surface area contributed by atoms with Gasteiger partial charge in [-0.15, -0.1) is 0 Å². The average Bonchev–Trinajstić information content (AvgIpc) is 2.83. The summed E-state index contributed by atoms with van der Waals surface area (Å²) in [4.78, 5) is 37.3. The van der Waals surface area contributed by atoms with Crippen LogP contribution in [0.15, 0.2) is 54.6 Å². The molecule has 0 heterocycles. The lowest BCUT2D eigenvalue weighted by atomic mass is 10.0. The Bertz CT molecular complexity index is 1060. The lowest BCUT2D eigenvalue weighted by Gasteiger charge is -2.24. The van der Waals surface area contributed by atoms with E-state index in [0.29, 0.717) is 11.3 Å². The third-order valence-corrected chi connectivity index (χ3v) is 6.65. The van der Waals surface area contributed by atoms with Crippen LogP contribution in [0.3, 0.4) is 0 Å². The minimum absolute atomic E-state index is 0.0875. The summed E-state index contributed by atoms with van der Waals surface area (Å²) in [6.07, 6.45) is -1.83. The minimum atomic E-state index is -3.64. The number of anilines is 1. The fraction of sp³-hybridized carbons (Fsp3) is 0.400. The fourth-order valence-electron chi connectivity index (χ4n) is 3.04. The number of carbonyl (C=O) groups excluding carboxylic acids is 3. The highest BCUT2D eigenvalue weighted by Gasteiger charge is 2.32. The number of benzene rings is 2. The molecule has 0 saturated carbocycles. The number of rotatable bonds is 11. The summed E-state index contributed by atoms with van der Waals surface area (Å²) < 4.78 is 32.6. The molecular weight excluding hydrogens is 487 g/mol. The first kappa shape index (κ1) is 29.0. The summed E-state index contributed by atoms with van der Waals surface area (Å²) in [5, 5.41) is 5.17. The first-order valence-electron chi connectivity index (χ1n) is 11.2. The molecule has 2 aromatic carbocycles. The zero-order valence-electron chi connectivity index (χ0n) is 21.1. The molecule has 0 aliphatic heterocycles. The number of amides is 2. The average molecular weight is 521 g/mol. The van der Waals surface area contributed by atoms with Crippen LogP contribution in [0.2, 0.25) is 0 Å². The molecule has 36 heavy (non-hydrogen) atoms. The van der Waals surface area contributed by atoms with Crippen LogP contribution in [0.25, 0.3) is 0 Å². The van der Waals surface area contributed by atoms with Crippen molar-refractivity contribution in [2.45, 2.75) is 45.4 Å². The van der Waals surface area contributed by atoms with Gasteiger partial charge in [0.2, 0.25) is 0 Å². The zero-order chi connectivity index (χ0) is 26.8. The van der Waals surface area contributed by atoms with E-state index in [-0.39, 0.29) is 13.0 Å². The normalized spacial score (nSPS) is 12.4. The second-order valence-electron chi connectivity index (χ2n) is 8.89. The molecule has 0 bridgehead atoms. The molecule has 2 N–H and O–H groups in total. The van der Waals surface area contributed by atoms with Gasteiger partial charge in [0.05, 0.1) is 6.04 Å². The van der Waals surface area contributed by atoms with Gasteiger partial charge in [0.15, 0.2) is 5.78 Å². The maximum absolute atomic E-state index is 12.9. The summed E-state index contributed by atoms with van der Waals surface area (Å²) >= 11 is 0. The molecule has 2 amide bonds. The van der Waals surface area contributed by atoms with E-state index in [0.717, 1.165) is 5.56 Å². The molecule has 0 aliphatic carbocycles. The van der Waals surface area contributed by atoms with E-state index in [4.69, 9.17) is 18.5 Å². The van der Waals surface area contributed by atoms with Gasteiger partial charge in [-0.25, -0.2) is 9.59 Å². The monoisotopic (exact) mass is 520 g/mol. The van der Waals surface area contributed by atoms with E-state index < -0.39 is 43.4 Å². The number of hydrogen-bond acceptors (Lipinski definition) is 8. The summed E-state index contributed by atoms with van der Waals surface area (Å²) in [5.41, 5.74) is 1.26. The maximum Gasteiger partial charge on any atom is 0.411 e. The van der Waals surface area contributed by atoms with Gasteiger partial charge in [-0.1, -0.05) is 42.5 Å². The van der Waals surface area contributed by atoms with Gasteiger partial charge in [0, 0.05) is 19.9 Å². The van der Waals surface area contributed by atoms with Crippen molar-refractivity contribution in [1.29, 1.82) is 0 Å². The molecule has 0 radical (unpaired) electrons. The van der Waals surface area contributed by atoms with Gasteiger partial charge in [-0.05, 0) is 50.5 Å². The van der Waals surface area contributed by atoms with Gasteiger partial charge < -0.3 is 23.8 Å². The Kier molecular flexibility index (Phi) is 10.6. The van der Waals surface area contributed by atoms with Crippen LogP contribution in [0.5, 0.6) is 0 Å². The number of ketones is 1. The second kappa shape index (κ2) is 13.2. The van der Waals surface area contributed by atoms with Gasteiger partial charge >= 0.3 is 19.8 Å². The highest BCUT2D eigenvalue weighted by molar-refractivity contribution is 7.54. The van der Waals surface area contributed by atoms with E-state index in [1.54, 1.807) is 45.0 Å². The van der Waals surface area contributed by atoms with Gasteiger partial charge in [-0.2, -0.15) is 0 Å². The molecule has 2 rings (SSSR count). The first-order valence-corrected chi connectivity index (χ1v) is 13.0. The Morgan fingerprint density at radius 3 is 2.06 bits per heavy atom. The molecule has 0 spiro atoms. The number of nitrogens with one attached hydrogen (secondary N) is 2. The summed E-state index contributed by atoms with van der Waals surface area (Å²) in [7, 11) is -1.27. The van der Waals surface area contributed by atoms with Crippen LogP contribution < -0.4 is 10.6 Å². The highest BCUT2D eigenvalue weighted by atomic mass is 31.2. The van der Waals surface area contributed by atoms with Crippen molar-refractivity contribution in [2.24, 2.45) is 0 Å². The van der Waals surface area contributed by atoms with Crippen LogP contribution >= 0.6 is 7.60 Å². The molecule has 1 atom stereocenters. The Labute approximate surface area is 211 Å². The van der Waals surface area contributed by atoms with Crippen molar-refractivity contribution < 1.29 is 37.5 Å². The predicted molar refractivity (Wildman–Crippen MR) is 135 cm³/mol. The number of Topliss-reactive ketones (excluding diaryl/α,β-unsaturated/α-hetero) is 1. The topological polar surface area (TPSA) is 129 Å². The van der Waals surface area contributed by atoms with E-state index in [9.17, 15) is 18.9 Å². The summed E-state index contributed by atoms with van der Waals surface area (Å²) in [6.45, 7) is 5.23. The second-order valence-corrected chi connectivity index (χ2v) is 11.2. The van der Waals surface area contributed by atoms with Gasteiger partial charge in [-0.3, -0.25) is 14.7 Å². The number of carbonyl (C=O) groups is 3. The number of ether oxygens (including phenoxy) is 2. The molecule has 2 aromatic rings. The van der Waals surface area contributed by atoms with Crippen molar-refractivity contribution in [3.8, 4) is 0 Å². The third kappa shape index (κ3) is 10.2. The van der Waals surface area contributed by atoms with Crippen LogP contribution in [0.4, 0.5) is 15.3 Å². The molecular formula is C25H33N2O8P. The van der Waals surface area contributed by atoms with Crippen molar-refractivity contribution in [2.75, 3.05) is 25.7 Å².